The van der Waals surface area contributed by atoms with Crippen molar-refractivity contribution in [2.45, 2.75) is 33.6 Å². The molecule has 0 spiro atoms. The largest absolute Gasteiger partial charge is 0.296 e. The van der Waals surface area contributed by atoms with Crippen molar-refractivity contribution < 1.29 is 9.59 Å². The van der Waals surface area contributed by atoms with Crippen LogP contribution in [-0.4, -0.2) is 11.8 Å². The van der Waals surface area contributed by atoms with Crippen LogP contribution in [-0.2, 0) is 9.59 Å². The van der Waals surface area contributed by atoms with Gasteiger partial charge >= 0.3 is 0 Å². The molecule has 1 aliphatic heterocycles. The minimum Gasteiger partial charge on any atom is -0.296 e. The second-order valence-electron chi connectivity index (χ2n) is 4.96. The van der Waals surface area contributed by atoms with Gasteiger partial charge in [-0.2, -0.15) is 0 Å². The van der Waals surface area contributed by atoms with Crippen LogP contribution in [0, 0.1) is 16.7 Å². The summed E-state index contributed by atoms with van der Waals surface area (Å²) in [6, 6.07) is 0. The number of fused-ring (bicyclic) bond motifs is 2. The van der Waals surface area contributed by atoms with Gasteiger partial charge in [0.25, 0.3) is 0 Å². The van der Waals surface area contributed by atoms with Crippen molar-refractivity contribution in [1.29, 1.82) is 0 Å². The minimum absolute atomic E-state index is 0. The van der Waals surface area contributed by atoms with Crippen LogP contribution in [0.25, 0.3) is 0 Å². The highest BCUT2D eigenvalue weighted by molar-refractivity contribution is 6.03. The molecule has 2 fully saturated rings. The molecule has 0 aromatic rings. The third kappa shape index (κ3) is 1.56. The maximum atomic E-state index is 11.7. The number of carbonyl (C=O) groups excluding carboxylic acids is 2. The second-order valence-corrected chi connectivity index (χ2v) is 4.96. The molecule has 1 N–H and O–H groups in total. The van der Waals surface area contributed by atoms with E-state index < -0.39 is 0 Å². The molecule has 2 amide bonds. The highest BCUT2D eigenvalue weighted by atomic mass is 35.5. The monoisotopic (exact) mass is 253 g/mol. The van der Waals surface area contributed by atoms with Crippen molar-refractivity contribution in [2.75, 3.05) is 0 Å². The Kier molecular flexibility index (Phi) is 3.87. The van der Waals surface area contributed by atoms with Crippen LogP contribution in [0.2, 0.25) is 0 Å². The molecule has 2 unspecified atom stereocenters. The van der Waals surface area contributed by atoms with Crippen molar-refractivity contribution in [3.63, 3.8) is 0 Å². The van der Waals surface area contributed by atoms with Crippen LogP contribution in [0.5, 0.6) is 0 Å². The van der Waals surface area contributed by atoms with Gasteiger partial charge in [0.1, 0.15) is 0 Å². The number of amides is 2. The highest BCUT2D eigenvalue weighted by Gasteiger charge is 2.61. The fourth-order valence-corrected chi connectivity index (χ4v) is 2.70. The van der Waals surface area contributed by atoms with E-state index in [1.807, 2.05) is 20.8 Å². The van der Waals surface area contributed by atoms with Crippen molar-refractivity contribution in [1.82, 2.24) is 5.32 Å². The number of carbonyl (C=O) groups is 2. The Morgan fingerprint density at radius 2 is 1.73 bits per heavy atom. The van der Waals surface area contributed by atoms with Crippen LogP contribution in [0.15, 0.2) is 0 Å². The molecular weight excluding hydrogens is 237 g/mol. The Bertz CT molecular complexity index is 304. The molecule has 88 valence electrons. The summed E-state index contributed by atoms with van der Waals surface area (Å²) < 4.78 is 0. The van der Waals surface area contributed by atoms with Crippen molar-refractivity contribution in [3.8, 4) is 0 Å². The van der Waals surface area contributed by atoms with E-state index >= 15 is 0 Å². The number of halogens is 2. The summed E-state index contributed by atoms with van der Waals surface area (Å²) in [6.07, 6.45) is 1.68. The molecule has 0 aromatic carbocycles. The van der Waals surface area contributed by atoms with Gasteiger partial charge in [-0.15, -0.1) is 24.8 Å². The first-order valence-electron chi connectivity index (χ1n) is 4.75. The Balaban J connectivity index is 0.000000980. The van der Waals surface area contributed by atoms with Crippen molar-refractivity contribution in [2.24, 2.45) is 16.7 Å². The molecule has 5 heteroatoms. The van der Waals surface area contributed by atoms with Gasteiger partial charge in [0, 0.05) is 5.92 Å². The maximum Gasteiger partial charge on any atom is 0.233 e. The van der Waals surface area contributed by atoms with E-state index in [0.717, 1.165) is 12.8 Å². The van der Waals surface area contributed by atoms with E-state index in [1.165, 1.54) is 0 Å². The second kappa shape index (κ2) is 3.95. The number of nitrogens with one attached hydrogen (secondary N) is 1. The Morgan fingerprint density at radius 1 is 1.20 bits per heavy atom. The summed E-state index contributed by atoms with van der Waals surface area (Å²) >= 11 is 0. The SMILES string of the molecule is CC12CCC(C(=O)NC1=O)C2(C)C.Cl.Cl. The predicted octanol–water partition coefficient (Wildman–Crippen LogP) is 1.93. The lowest BCUT2D eigenvalue weighted by Gasteiger charge is -2.43. The van der Waals surface area contributed by atoms with Gasteiger partial charge in [-0.3, -0.25) is 14.9 Å². The molecule has 1 saturated heterocycles. The summed E-state index contributed by atoms with van der Waals surface area (Å²) in [5.74, 6) is -0.142. The molecule has 2 atom stereocenters. The van der Waals surface area contributed by atoms with Gasteiger partial charge in [-0.1, -0.05) is 20.8 Å². The first kappa shape index (κ1) is 14.7. The Hall–Kier alpha value is -0.280. The molecule has 0 aromatic heterocycles. The quantitative estimate of drug-likeness (QED) is 0.671. The summed E-state index contributed by atoms with van der Waals surface area (Å²) in [5.41, 5.74) is -0.516. The summed E-state index contributed by atoms with van der Waals surface area (Å²) in [7, 11) is 0. The fraction of sp³-hybridized carbons (Fsp3) is 0.800. The van der Waals surface area contributed by atoms with Crippen molar-refractivity contribution in [3.05, 3.63) is 0 Å². The average Bonchev–Trinajstić information content (AvgIpc) is 2.16. The standard InChI is InChI=1S/C10H15NO2.2ClH/c1-9(2)6-4-5-10(9,3)8(13)11-7(6)12;;/h6H,4-5H2,1-3H3,(H,11,12,13);2*1H. The lowest BCUT2D eigenvalue weighted by Crippen LogP contribution is -2.57. The van der Waals surface area contributed by atoms with Crippen LogP contribution in [0.3, 0.4) is 0 Å². The van der Waals surface area contributed by atoms with Gasteiger partial charge < -0.3 is 0 Å². The first-order chi connectivity index (χ1) is 5.89. The molecule has 15 heavy (non-hydrogen) atoms. The molecule has 1 aliphatic carbocycles. The predicted molar refractivity (Wildman–Crippen MR) is 62.3 cm³/mol. The molecule has 1 heterocycles. The van der Waals surface area contributed by atoms with Crippen molar-refractivity contribution >= 4 is 36.6 Å². The van der Waals surface area contributed by atoms with Crippen LogP contribution >= 0.6 is 24.8 Å². The Labute approximate surface area is 102 Å². The summed E-state index contributed by atoms with van der Waals surface area (Å²) in [4.78, 5) is 23.2. The highest BCUT2D eigenvalue weighted by Crippen LogP contribution is 2.57. The number of rotatable bonds is 0. The van der Waals surface area contributed by atoms with E-state index in [-0.39, 0.29) is 53.4 Å². The number of imide groups is 1. The zero-order valence-corrected chi connectivity index (χ0v) is 10.8. The van der Waals surface area contributed by atoms with E-state index in [4.69, 9.17) is 0 Å². The summed E-state index contributed by atoms with van der Waals surface area (Å²) in [6.45, 7) is 6.03. The van der Waals surface area contributed by atoms with Gasteiger partial charge in [0.15, 0.2) is 0 Å². The van der Waals surface area contributed by atoms with E-state index in [1.54, 1.807) is 0 Å². The minimum atomic E-state index is -0.342. The molecule has 2 aliphatic rings. The number of hydrogen-bond donors (Lipinski definition) is 1. The van der Waals surface area contributed by atoms with E-state index in [9.17, 15) is 9.59 Å². The first-order valence-corrected chi connectivity index (χ1v) is 4.75. The molecule has 2 bridgehead atoms. The van der Waals surface area contributed by atoms with E-state index in [2.05, 4.69) is 5.32 Å². The fourth-order valence-electron chi connectivity index (χ4n) is 2.70. The summed E-state index contributed by atoms with van der Waals surface area (Å²) in [5, 5.41) is 2.46. The van der Waals surface area contributed by atoms with Crippen LogP contribution < -0.4 is 5.32 Å². The molecule has 2 rings (SSSR count). The topological polar surface area (TPSA) is 46.2 Å². The lowest BCUT2D eigenvalue weighted by atomic mass is 9.63. The normalized spacial score (nSPS) is 36.3. The average molecular weight is 254 g/mol. The molecular formula is C10H17Cl2NO2. The molecule has 1 saturated carbocycles. The smallest absolute Gasteiger partial charge is 0.233 e. The third-order valence-electron chi connectivity index (χ3n) is 4.28. The number of piperidine rings is 1. The van der Waals surface area contributed by atoms with Crippen LogP contribution in [0.1, 0.15) is 33.6 Å². The molecule has 0 radical (unpaired) electrons. The van der Waals surface area contributed by atoms with Crippen LogP contribution in [0.4, 0.5) is 0 Å². The lowest BCUT2D eigenvalue weighted by molar-refractivity contribution is -0.150. The zero-order chi connectivity index (χ0) is 9.85. The van der Waals surface area contributed by atoms with Gasteiger partial charge in [0.2, 0.25) is 11.8 Å². The van der Waals surface area contributed by atoms with Gasteiger partial charge in [0.05, 0.1) is 5.41 Å². The van der Waals surface area contributed by atoms with Gasteiger partial charge in [-0.05, 0) is 18.3 Å². The third-order valence-corrected chi connectivity index (χ3v) is 4.28. The molecule has 3 nitrogen and oxygen atoms in total. The van der Waals surface area contributed by atoms with E-state index in [0.29, 0.717) is 0 Å². The maximum absolute atomic E-state index is 11.7. The zero-order valence-electron chi connectivity index (χ0n) is 9.12. The Morgan fingerprint density at radius 3 is 2.27 bits per heavy atom. The number of hydrogen-bond acceptors (Lipinski definition) is 2. The van der Waals surface area contributed by atoms with Gasteiger partial charge in [-0.25, -0.2) is 0 Å².